The third kappa shape index (κ3) is 7.89. The number of ether oxygens (including phenoxy) is 2. The fraction of sp³-hybridized carbons (Fsp3) is 0.556. The maximum Gasteiger partial charge on any atom is 0.321 e. The number of methoxy groups -OCH3 is 2. The van der Waals surface area contributed by atoms with E-state index >= 15 is 0 Å². The van der Waals surface area contributed by atoms with Crippen LogP contribution >= 0.6 is 0 Å². The van der Waals surface area contributed by atoms with Gasteiger partial charge in [0.15, 0.2) is 18.0 Å². The van der Waals surface area contributed by atoms with E-state index in [1.807, 2.05) is 39.1 Å². The Morgan fingerprint density at radius 1 is 1.16 bits per heavy atom. The summed E-state index contributed by atoms with van der Waals surface area (Å²) in [6.07, 6.45) is 0.791. The predicted molar refractivity (Wildman–Crippen MR) is 96.3 cm³/mol. The minimum absolute atomic E-state index is 0.238. The first-order chi connectivity index (χ1) is 11.8. The summed E-state index contributed by atoms with van der Waals surface area (Å²) < 4.78 is 10.5. The number of benzene rings is 1. The highest BCUT2D eigenvalue weighted by Crippen LogP contribution is 2.27. The standard InChI is InChI=1S/C18H29N3O4/c1-13(2)11-19-18(23)20-17(22)12-21(3)9-8-14-6-7-15(24-4)16(10-14)25-5/h6-7,10,13H,8-9,11-12H2,1-5H3,(H2,19,20,22,23)/p+1. The van der Waals surface area contributed by atoms with Gasteiger partial charge in [-0.3, -0.25) is 10.1 Å². The SMILES string of the molecule is COc1ccc(CC[NH+](C)CC(=O)NC(=O)NCC(C)C)cc1OC. The third-order valence-electron chi connectivity index (χ3n) is 3.67. The summed E-state index contributed by atoms with van der Waals surface area (Å²) in [5.41, 5.74) is 1.10. The Labute approximate surface area is 149 Å². The van der Waals surface area contributed by atoms with Crippen LogP contribution in [-0.4, -0.2) is 52.8 Å². The highest BCUT2D eigenvalue weighted by molar-refractivity contribution is 5.94. The van der Waals surface area contributed by atoms with E-state index in [4.69, 9.17) is 9.47 Å². The predicted octanol–water partition coefficient (Wildman–Crippen LogP) is 0.243. The average molecular weight is 352 g/mol. The Balaban J connectivity index is 2.40. The summed E-state index contributed by atoms with van der Waals surface area (Å²) in [5, 5.41) is 5.01. The van der Waals surface area contributed by atoms with Crippen molar-refractivity contribution < 1.29 is 24.0 Å². The zero-order valence-electron chi connectivity index (χ0n) is 15.8. The van der Waals surface area contributed by atoms with Crippen molar-refractivity contribution in [3.63, 3.8) is 0 Å². The Hall–Kier alpha value is -2.28. The molecule has 1 aromatic rings. The lowest BCUT2D eigenvalue weighted by Crippen LogP contribution is -3.10. The number of rotatable bonds is 9. The minimum Gasteiger partial charge on any atom is -0.493 e. The molecule has 3 N–H and O–H groups in total. The second kappa shape index (κ2) is 10.6. The van der Waals surface area contributed by atoms with Gasteiger partial charge in [-0.15, -0.1) is 0 Å². The first-order valence-corrected chi connectivity index (χ1v) is 8.45. The van der Waals surface area contributed by atoms with Crippen molar-refractivity contribution in [2.45, 2.75) is 20.3 Å². The Bertz CT molecular complexity index is 575. The number of carbonyl (C=O) groups excluding carboxylic acids is 2. The molecular weight excluding hydrogens is 322 g/mol. The minimum atomic E-state index is -0.439. The molecule has 1 rings (SSSR count). The van der Waals surface area contributed by atoms with Crippen LogP contribution in [0, 0.1) is 5.92 Å². The summed E-state index contributed by atoms with van der Waals surface area (Å²) in [4.78, 5) is 24.5. The number of likely N-dealkylation sites (N-methyl/N-ethyl adjacent to an activating group) is 1. The van der Waals surface area contributed by atoms with E-state index in [-0.39, 0.29) is 12.5 Å². The van der Waals surface area contributed by atoms with Crippen LogP contribution in [0.5, 0.6) is 11.5 Å². The van der Waals surface area contributed by atoms with Crippen molar-refractivity contribution in [3.05, 3.63) is 23.8 Å². The van der Waals surface area contributed by atoms with E-state index in [1.165, 1.54) is 0 Å². The largest absolute Gasteiger partial charge is 0.493 e. The maximum atomic E-state index is 11.9. The van der Waals surface area contributed by atoms with Gasteiger partial charge in [-0.25, -0.2) is 4.79 Å². The van der Waals surface area contributed by atoms with E-state index < -0.39 is 6.03 Å². The number of urea groups is 1. The fourth-order valence-electron chi connectivity index (χ4n) is 2.27. The first kappa shape index (κ1) is 20.8. The smallest absolute Gasteiger partial charge is 0.321 e. The van der Waals surface area contributed by atoms with Gasteiger partial charge in [0.05, 0.1) is 27.8 Å². The van der Waals surface area contributed by atoms with Crippen LogP contribution in [0.1, 0.15) is 19.4 Å². The summed E-state index contributed by atoms with van der Waals surface area (Å²) in [6, 6.07) is 5.35. The number of carbonyl (C=O) groups is 2. The monoisotopic (exact) mass is 352 g/mol. The van der Waals surface area contributed by atoms with Crippen LogP contribution in [0.3, 0.4) is 0 Å². The molecule has 0 saturated heterocycles. The summed E-state index contributed by atoms with van der Waals surface area (Å²) in [7, 11) is 5.13. The molecule has 140 valence electrons. The second-order valence-electron chi connectivity index (χ2n) is 6.48. The average Bonchev–Trinajstić information content (AvgIpc) is 2.57. The van der Waals surface area contributed by atoms with Crippen molar-refractivity contribution in [1.82, 2.24) is 10.6 Å². The second-order valence-corrected chi connectivity index (χ2v) is 6.48. The maximum absolute atomic E-state index is 11.9. The van der Waals surface area contributed by atoms with Crippen LogP contribution in [0.25, 0.3) is 0 Å². The van der Waals surface area contributed by atoms with Gasteiger partial charge < -0.3 is 19.7 Å². The van der Waals surface area contributed by atoms with Crippen LogP contribution in [0.15, 0.2) is 18.2 Å². The van der Waals surface area contributed by atoms with Crippen molar-refractivity contribution in [2.24, 2.45) is 5.92 Å². The molecule has 0 radical (unpaired) electrons. The molecule has 0 spiro atoms. The zero-order chi connectivity index (χ0) is 18.8. The quantitative estimate of drug-likeness (QED) is 0.595. The van der Waals surface area contributed by atoms with E-state index in [0.717, 1.165) is 23.4 Å². The molecule has 0 bridgehead atoms. The molecule has 1 unspecified atom stereocenters. The van der Waals surface area contributed by atoms with Gasteiger partial charge in [0.1, 0.15) is 0 Å². The number of nitrogens with one attached hydrogen (secondary N) is 3. The molecule has 0 aliphatic carbocycles. The van der Waals surface area contributed by atoms with Crippen LogP contribution in [-0.2, 0) is 11.2 Å². The summed E-state index contributed by atoms with van der Waals surface area (Å²) in [5.74, 6) is 1.44. The van der Waals surface area contributed by atoms with E-state index in [1.54, 1.807) is 14.2 Å². The fourth-order valence-corrected chi connectivity index (χ4v) is 2.27. The summed E-state index contributed by atoms with van der Waals surface area (Å²) >= 11 is 0. The third-order valence-corrected chi connectivity index (χ3v) is 3.67. The number of amides is 3. The van der Waals surface area contributed by atoms with Gasteiger partial charge in [0.25, 0.3) is 5.91 Å². The Morgan fingerprint density at radius 3 is 2.44 bits per heavy atom. The molecule has 0 aliphatic rings. The van der Waals surface area contributed by atoms with Gasteiger partial charge in [0, 0.05) is 13.0 Å². The van der Waals surface area contributed by atoms with Gasteiger partial charge in [-0.2, -0.15) is 0 Å². The van der Waals surface area contributed by atoms with Gasteiger partial charge in [0.2, 0.25) is 0 Å². The zero-order valence-corrected chi connectivity index (χ0v) is 15.8. The number of hydrogen-bond acceptors (Lipinski definition) is 4. The highest BCUT2D eigenvalue weighted by Gasteiger charge is 2.14. The Morgan fingerprint density at radius 2 is 1.84 bits per heavy atom. The topological polar surface area (TPSA) is 81.1 Å². The van der Waals surface area contributed by atoms with Crippen molar-refractivity contribution in [2.75, 3.05) is 40.9 Å². The highest BCUT2D eigenvalue weighted by atomic mass is 16.5. The molecule has 0 heterocycles. The first-order valence-electron chi connectivity index (χ1n) is 8.45. The molecule has 25 heavy (non-hydrogen) atoms. The molecule has 1 atom stereocenters. The molecule has 7 heteroatoms. The number of imide groups is 1. The number of hydrogen-bond donors (Lipinski definition) is 3. The molecular formula is C18H30N3O4+. The van der Waals surface area contributed by atoms with Gasteiger partial charge in [-0.1, -0.05) is 19.9 Å². The van der Waals surface area contributed by atoms with Crippen molar-refractivity contribution in [1.29, 1.82) is 0 Å². The molecule has 0 saturated carbocycles. The van der Waals surface area contributed by atoms with Gasteiger partial charge >= 0.3 is 6.03 Å². The van der Waals surface area contributed by atoms with Crippen LogP contribution in [0.4, 0.5) is 4.79 Å². The lowest BCUT2D eigenvalue weighted by molar-refractivity contribution is -0.870. The van der Waals surface area contributed by atoms with Crippen LogP contribution < -0.4 is 25.0 Å². The molecule has 3 amide bonds. The molecule has 0 aromatic heterocycles. The van der Waals surface area contributed by atoms with Gasteiger partial charge in [-0.05, 0) is 23.6 Å². The lowest BCUT2D eigenvalue weighted by atomic mass is 10.1. The van der Waals surface area contributed by atoms with Crippen LogP contribution in [0.2, 0.25) is 0 Å². The van der Waals surface area contributed by atoms with Crippen molar-refractivity contribution in [3.8, 4) is 11.5 Å². The van der Waals surface area contributed by atoms with E-state index in [2.05, 4.69) is 10.6 Å². The summed E-state index contributed by atoms with van der Waals surface area (Å²) in [6.45, 7) is 5.53. The Kier molecular flexibility index (Phi) is 8.77. The van der Waals surface area contributed by atoms with E-state index in [9.17, 15) is 9.59 Å². The van der Waals surface area contributed by atoms with E-state index in [0.29, 0.717) is 24.0 Å². The molecule has 0 fully saturated rings. The van der Waals surface area contributed by atoms with Crippen molar-refractivity contribution >= 4 is 11.9 Å². The lowest BCUT2D eigenvalue weighted by Gasteiger charge is -2.15. The molecule has 0 aliphatic heterocycles. The molecule has 7 nitrogen and oxygen atoms in total. The normalized spacial score (nSPS) is 11.8. The number of quaternary nitrogens is 1. The molecule has 1 aromatic carbocycles.